The van der Waals surface area contributed by atoms with Gasteiger partial charge in [-0.25, -0.2) is 4.98 Å². The third-order valence-electron chi connectivity index (χ3n) is 2.10. The maximum atomic E-state index is 11.7. The molecule has 1 aromatic heterocycles. The summed E-state index contributed by atoms with van der Waals surface area (Å²) in [5, 5.41) is 3.24. The number of amides is 1. The van der Waals surface area contributed by atoms with E-state index in [-0.39, 0.29) is 17.4 Å². The molecule has 0 aliphatic carbocycles. The number of nitrogens with one attached hydrogen (secondary N) is 1. The van der Waals surface area contributed by atoms with E-state index in [4.69, 9.17) is 5.73 Å². The highest BCUT2D eigenvalue weighted by molar-refractivity contribution is 7.09. The van der Waals surface area contributed by atoms with Crippen molar-refractivity contribution in [3.63, 3.8) is 0 Å². The SMILES string of the molecule is Cc1nsc(NC(=O)CC(N)CC(C)(C)C)n1. The Kier molecular flexibility index (Phi) is 4.59. The van der Waals surface area contributed by atoms with Crippen LogP contribution in [0.15, 0.2) is 0 Å². The first-order chi connectivity index (χ1) is 7.76. The van der Waals surface area contributed by atoms with Gasteiger partial charge in [-0.05, 0) is 18.8 Å². The molecule has 0 spiro atoms. The smallest absolute Gasteiger partial charge is 0.227 e. The lowest BCUT2D eigenvalue weighted by molar-refractivity contribution is -0.116. The topological polar surface area (TPSA) is 80.9 Å². The van der Waals surface area contributed by atoms with Crippen LogP contribution in [0.1, 0.15) is 39.4 Å². The van der Waals surface area contributed by atoms with Crippen molar-refractivity contribution in [3.05, 3.63) is 5.82 Å². The van der Waals surface area contributed by atoms with Gasteiger partial charge >= 0.3 is 0 Å². The van der Waals surface area contributed by atoms with Gasteiger partial charge in [-0.15, -0.1) is 0 Å². The van der Waals surface area contributed by atoms with Gasteiger partial charge in [0.15, 0.2) is 0 Å². The van der Waals surface area contributed by atoms with Crippen molar-refractivity contribution in [1.82, 2.24) is 9.36 Å². The van der Waals surface area contributed by atoms with Crippen molar-refractivity contribution in [3.8, 4) is 0 Å². The van der Waals surface area contributed by atoms with Crippen molar-refractivity contribution in [2.75, 3.05) is 5.32 Å². The number of carbonyl (C=O) groups excluding carboxylic acids is 1. The molecule has 17 heavy (non-hydrogen) atoms. The van der Waals surface area contributed by atoms with Crippen LogP contribution in [0.2, 0.25) is 0 Å². The summed E-state index contributed by atoms with van der Waals surface area (Å²) in [5.74, 6) is 0.571. The van der Waals surface area contributed by atoms with Crippen LogP contribution in [0.5, 0.6) is 0 Å². The van der Waals surface area contributed by atoms with Crippen LogP contribution in [0.4, 0.5) is 5.13 Å². The number of hydrogen-bond acceptors (Lipinski definition) is 5. The monoisotopic (exact) mass is 256 g/mol. The number of aryl methyl sites for hydroxylation is 1. The lowest BCUT2D eigenvalue weighted by Gasteiger charge is -2.22. The van der Waals surface area contributed by atoms with Gasteiger partial charge < -0.3 is 11.1 Å². The molecule has 0 aromatic carbocycles. The molecule has 1 rings (SSSR count). The molecule has 6 heteroatoms. The van der Waals surface area contributed by atoms with Crippen LogP contribution >= 0.6 is 11.5 Å². The van der Waals surface area contributed by atoms with Gasteiger partial charge in [-0.1, -0.05) is 20.8 Å². The minimum absolute atomic E-state index is 0.0992. The third kappa shape index (κ3) is 5.74. The number of nitrogens with two attached hydrogens (primary N) is 1. The van der Waals surface area contributed by atoms with E-state index < -0.39 is 0 Å². The zero-order valence-electron chi connectivity index (χ0n) is 10.8. The number of nitrogens with zero attached hydrogens (tertiary/aromatic N) is 2. The molecule has 0 bridgehead atoms. The average Bonchev–Trinajstić information content (AvgIpc) is 2.46. The van der Waals surface area contributed by atoms with Gasteiger partial charge in [0.05, 0.1) is 0 Å². The molecular formula is C11H20N4OS. The molecule has 0 aliphatic rings. The van der Waals surface area contributed by atoms with E-state index in [0.29, 0.717) is 17.4 Å². The van der Waals surface area contributed by atoms with Gasteiger partial charge in [-0.2, -0.15) is 4.37 Å². The van der Waals surface area contributed by atoms with Crippen LogP contribution in [-0.4, -0.2) is 21.3 Å². The van der Waals surface area contributed by atoms with E-state index in [1.165, 1.54) is 11.5 Å². The number of rotatable bonds is 4. The number of carbonyl (C=O) groups is 1. The summed E-state index contributed by atoms with van der Waals surface area (Å²) in [7, 11) is 0. The Bertz CT molecular complexity index is 383. The van der Waals surface area contributed by atoms with Crippen molar-refractivity contribution in [2.24, 2.45) is 11.1 Å². The zero-order valence-corrected chi connectivity index (χ0v) is 11.6. The lowest BCUT2D eigenvalue weighted by Crippen LogP contribution is -2.31. The Labute approximate surface area is 106 Å². The van der Waals surface area contributed by atoms with Crippen LogP contribution in [0.25, 0.3) is 0 Å². The van der Waals surface area contributed by atoms with E-state index >= 15 is 0 Å². The maximum Gasteiger partial charge on any atom is 0.227 e. The molecule has 5 nitrogen and oxygen atoms in total. The highest BCUT2D eigenvalue weighted by Crippen LogP contribution is 2.21. The Balaban J connectivity index is 2.39. The first-order valence-corrected chi connectivity index (χ1v) is 6.39. The molecule has 0 saturated carbocycles. The molecule has 3 N–H and O–H groups in total. The van der Waals surface area contributed by atoms with Gasteiger partial charge in [-0.3, -0.25) is 4.79 Å². The molecule has 96 valence electrons. The van der Waals surface area contributed by atoms with Gasteiger partial charge in [0.1, 0.15) is 5.82 Å². The van der Waals surface area contributed by atoms with Gasteiger partial charge in [0, 0.05) is 24.0 Å². The molecule has 0 aliphatic heterocycles. The molecule has 1 heterocycles. The van der Waals surface area contributed by atoms with Crippen molar-refractivity contribution < 1.29 is 4.79 Å². The summed E-state index contributed by atoms with van der Waals surface area (Å²) >= 11 is 1.18. The minimum atomic E-state index is -0.121. The molecule has 0 radical (unpaired) electrons. The Morgan fingerprint density at radius 1 is 1.53 bits per heavy atom. The second-order valence-electron chi connectivity index (χ2n) is 5.42. The first-order valence-electron chi connectivity index (χ1n) is 5.62. The summed E-state index contributed by atoms with van der Waals surface area (Å²) in [4.78, 5) is 15.7. The fourth-order valence-electron chi connectivity index (χ4n) is 1.62. The van der Waals surface area contributed by atoms with Crippen molar-refractivity contribution >= 4 is 22.6 Å². The molecule has 0 saturated heterocycles. The van der Waals surface area contributed by atoms with Gasteiger partial charge in [0.2, 0.25) is 11.0 Å². The first kappa shape index (κ1) is 14.1. The third-order valence-corrected chi connectivity index (χ3v) is 2.82. The lowest BCUT2D eigenvalue weighted by atomic mass is 9.87. The number of hydrogen-bond donors (Lipinski definition) is 2. The average molecular weight is 256 g/mol. The largest absolute Gasteiger partial charge is 0.327 e. The fraction of sp³-hybridized carbons (Fsp3) is 0.727. The molecule has 1 atom stereocenters. The molecule has 1 aromatic rings. The fourth-order valence-corrected chi connectivity index (χ4v) is 2.21. The number of aromatic nitrogens is 2. The van der Waals surface area contributed by atoms with E-state index in [1.54, 1.807) is 6.92 Å². The Hall–Kier alpha value is -1.01. The van der Waals surface area contributed by atoms with Crippen LogP contribution in [-0.2, 0) is 4.79 Å². The van der Waals surface area contributed by atoms with E-state index in [2.05, 4.69) is 35.4 Å². The van der Waals surface area contributed by atoms with Crippen molar-refractivity contribution in [2.45, 2.75) is 46.6 Å². The van der Waals surface area contributed by atoms with Gasteiger partial charge in [0.25, 0.3) is 0 Å². The Morgan fingerprint density at radius 2 is 2.18 bits per heavy atom. The minimum Gasteiger partial charge on any atom is -0.327 e. The van der Waals surface area contributed by atoms with E-state index in [9.17, 15) is 4.79 Å². The second kappa shape index (κ2) is 5.55. The molecule has 1 unspecified atom stereocenters. The summed E-state index contributed by atoms with van der Waals surface area (Å²) in [5.41, 5.74) is 6.06. The predicted octanol–water partition coefficient (Wildman–Crippen LogP) is 1.94. The van der Waals surface area contributed by atoms with Crippen LogP contribution < -0.4 is 11.1 Å². The summed E-state index contributed by atoms with van der Waals surface area (Å²) < 4.78 is 3.99. The highest BCUT2D eigenvalue weighted by Gasteiger charge is 2.18. The predicted molar refractivity (Wildman–Crippen MR) is 69.9 cm³/mol. The van der Waals surface area contributed by atoms with E-state index in [0.717, 1.165) is 6.42 Å². The second-order valence-corrected chi connectivity index (χ2v) is 6.18. The van der Waals surface area contributed by atoms with E-state index in [1.807, 2.05) is 0 Å². The summed E-state index contributed by atoms with van der Waals surface area (Å²) in [6.07, 6.45) is 1.13. The highest BCUT2D eigenvalue weighted by atomic mass is 32.1. The zero-order chi connectivity index (χ0) is 13.1. The molecule has 1 amide bonds. The maximum absolute atomic E-state index is 11.7. The van der Waals surface area contributed by atoms with Crippen LogP contribution in [0, 0.1) is 12.3 Å². The normalized spacial score (nSPS) is 13.5. The summed E-state index contributed by atoms with van der Waals surface area (Å²) in [6.45, 7) is 8.12. The molecular weight excluding hydrogens is 236 g/mol. The summed E-state index contributed by atoms with van der Waals surface area (Å²) in [6, 6.07) is -0.121. The molecule has 0 fully saturated rings. The Morgan fingerprint density at radius 3 is 2.65 bits per heavy atom. The standard InChI is InChI=1S/C11H20N4OS/c1-7-13-10(17-15-7)14-9(16)5-8(12)6-11(2,3)4/h8H,5-6,12H2,1-4H3,(H,13,14,15,16). The number of anilines is 1. The van der Waals surface area contributed by atoms with Crippen molar-refractivity contribution in [1.29, 1.82) is 0 Å². The quantitative estimate of drug-likeness (QED) is 0.862. The van der Waals surface area contributed by atoms with Crippen LogP contribution in [0.3, 0.4) is 0 Å².